The Morgan fingerprint density at radius 3 is 2.25 bits per heavy atom. The molecule has 0 fully saturated rings. The summed E-state index contributed by atoms with van der Waals surface area (Å²) in [6, 6.07) is 28.5. The summed E-state index contributed by atoms with van der Waals surface area (Å²) in [5.41, 5.74) is 3.26. The van der Waals surface area contributed by atoms with Crippen LogP contribution in [0.15, 0.2) is 97.5 Å². The summed E-state index contributed by atoms with van der Waals surface area (Å²) in [6.45, 7) is 1.34. The Morgan fingerprint density at radius 1 is 0.750 bits per heavy atom. The van der Waals surface area contributed by atoms with Gasteiger partial charge in [0.05, 0.1) is 12.2 Å². The van der Waals surface area contributed by atoms with Gasteiger partial charge in [-0.2, -0.15) is 0 Å². The average molecular weight is 367 g/mol. The molecule has 4 aromatic rings. The Morgan fingerprint density at radius 2 is 1.50 bits per heavy atom. The van der Waals surface area contributed by atoms with Gasteiger partial charge in [0.15, 0.2) is 0 Å². The molecule has 2 heterocycles. The van der Waals surface area contributed by atoms with Crippen LogP contribution in [0.5, 0.6) is 0 Å². The van der Waals surface area contributed by atoms with Gasteiger partial charge in [-0.1, -0.05) is 54.6 Å². The molecule has 0 amide bonds. The third kappa shape index (κ3) is 4.51. The van der Waals surface area contributed by atoms with Gasteiger partial charge in [0, 0.05) is 24.5 Å². The van der Waals surface area contributed by atoms with Crippen molar-refractivity contribution in [3.8, 4) is 0 Å². The molecule has 1 N–H and O–H groups in total. The maximum atomic E-state index is 4.53. The second kappa shape index (κ2) is 8.77. The van der Waals surface area contributed by atoms with Gasteiger partial charge in [-0.15, -0.1) is 0 Å². The number of hydrogen-bond acceptors (Lipinski definition) is 5. The molecule has 0 spiro atoms. The molecule has 0 aliphatic rings. The molecule has 28 heavy (non-hydrogen) atoms. The van der Waals surface area contributed by atoms with E-state index in [1.54, 1.807) is 12.5 Å². The lowest BCUT2D eigenvalue weighted by molar-refractivity contribution is 0.934. The largest absolute Gasteiger partial charge is 0.364 e. The van der Waals surface area contributed by atoms with E-state index in [-0.39, 0.29) is 0 Å². The number of rotatable bonds is 7. The first-order valence-corrected chi connectivity index (χ1v) is 9.21. The lowest BCUT2D eigenvalue weighted by Crippen LogP contribution is -2.18. The molecule has 0 bridgehead atoms. The van der Waals surface area contributed by atoms with E-state index in [4.69, 9.17) is 0 Å². The highest BCUT2D eigenvalue weighted by Crippen LogP contribution is 2.26. The van der Waals surface area contributed by atoms with Gasteiger partial charge < -0.3 is 10.2 Å². The lowest BCUT2D eigenvalue weighted by Gasteiger charge is -2.24. The summed E-state index contributed by atoms with van der Waals surface area (Å²) in [5, 5.41) is 3.33. The van der Waals surface area contributed by atoms with Gasteiger partial charge >= 0.3 is 0 Å². The number of nitrogens with zero attached hydrogens (tertiary/aromatic N) is 4. The number of hydrogen-bond donors (Lipinski definition) is 1. The maximum absolute atomic E-state index is 4.53. The molecule has 0 radical (unpaired) electrons. The second-order valence-electron chi connectivity index (χ2n) is 6.34. The minimum absolute atomic E-state index is 0.612. The number of aromatic nitrogens is 3. The van der Waals surface area contributed by atoms with Crippen LogP contribution in [0.3, 0.4) is 0 Å². The molecule has 0 saturated heterocycles. The standard InChI is InChI=1S/C23H21N5/c1-3-9-19(10-4-1)17-28(21-12-5-2-6-13-21)23-15-22(26-18-27-23)25-16-20-11-7-8-14-24-20/h1-15,18H,16-17H2,(H,25,26,27). The van der Waals surface area contributed by atoms with E-state index in [9.17, 15) is 0 Å². The molecule has 138 valence electrons. The molecule has 5 nitrogen and oxygen atoms in total. The predicted molar refractivity (Wildman–Crippen MR) is 112 cm³/mol. The van der Waals surface area contributed by atoms with Crippen molar-refractivity contribution in [3.63, 3.8) is 0 Å². The SMILES string of the molecule is c1ccc(CN(c2ccccc2)c2cc(NCc3ccccn3)ncn2)cc1. The summed E-state index contributed by atoms with van der Waals surface area (Å²) in [5.74, 6) is 1.61. The molecule has 0 atom stereocenters. The first-order valence-electron chi connectivity index (χ1n) is 9.21. The lowest BCUT2D eigenvalue weighted by atomic mass is 10.2. The molecule has 4 rings (SSSR count). The average Bonchev–Trinajstić information content (AvgIpc) is 2.78. The van der Waals surface area contributed by atoms with Crippen LogP contribution in [0.25, 0.3) is 0 Å². The minimum Gasteiger partial charge on any atom is -0.364 e. The van der Waals surface area contributed by atoms with Crippen molar-refractivity contribution in [2.75, 3.05) is 10.2 Å². The van der Waals surface area contributed by atoms with E-state index < -0.39 is 0 Å². The quantitative estimate of drug-likeness (QED) is 0.507. The first-order chi connectivity index (χ1) is 13.9. The van der Waals surface area contributed by atoms with E-state index >= 15 is 0 Å². The molecule has 2 aromatic carbocycles. The van der Waals surface area contributed by atoms with Crippen molar-refractivity contribution in [2.24, 2.45) is 0 Å². The van der Waals surface area contributed by atoms with Crippen molar-refractivity contribution in [3.05, 3.63) is 109 Å². The van der Waals surface area contributed by atoms with Gasteiger partial charge in [-0.25, -0.2) is 9.97 Å². The molecular weight excluding hydrogens is 346 g/mol. The fraction of sp³-hybridized carbons (Fsp3) is 0.0870. The van der Waals surface area contributed by atoms with Crippen LogP contribution in [0.1, 0.15) is 11.3 Å². The van der Waals surface area contributed by atoms with E-state index in [2.05, 4.69) is 61.6 Å². The first kappa shape index (κ1) is 17.7. The van der Waals surface area contributed by atoms with Crippen LogP contribution in [0.2, 0.25) is 0 Å². The molecule has 2 aromatic heterocycles. The summed E-state index contributed by atoms with van der Waals surface area (Å²) < 4.78 is 0. The Labute approximate surface area is 164 Å². The van der Waals surface area contributed by atoms with Crippen molar-refractivity contribution in [1.29, 1.82) is 0 Å². The van der Waals surface area contributed by atoms with Gasteiger partial charge in [0.25, 0.3) is 0 Å². The monoisotopic (exact) mass is 367 g/mol. The minimum atomic E-state index is 0.612. The van der Waals surface area contributed by atoms with E-state index in [1.807, 2.05) is 48.5 Å². The third-order valence-corrected chi connectivity index (χ3v) is 4.36. The second-order valence-corrected chi connectivity index (χ2v) is 6.34. The fourth-order valence-corrected chi connectivity index (χ4v) is 2.95. The molecule has 0 aliphatic carbocycles. The Kier molecular flexibility index (Phi) is 5.54. The van der Waals surface area contributed by atoms with Gasteiger partial charge in [0.1, 0.15) is 18.0 Å². The van der Waals surface area contributed by atoms with Crippen LogP contribution in [0, 0.1) is 0 Å². The highest BCUT2D eigenvalue weighted by Gasteiger charge is 2.12. The fourth-order valence-electron chi connectivity index (χ4n) is 2.95. The normalized spacial score (nSPS) is 10.4. The zero-order valence-electron chi connectivity index (χ0n) is 15.4. The molecule has 5 heteroatoms. The molecule has 0 unspecified atom stereocenters. The third-order valence-electron chi connectivity index (χ3n) is 4.36. The summed E-state index contributed by atoms with van der Waals surface area (Å²) in [6.07, 6.45) is 3.39. The number of nitrogens with one attached hydrogen (secondary N) is 1. The van der Waals surface area contributed by atoms with Gasteiger partial charge in [-0.05, 0) is 29.8 Å². The number of para-hydroxylation sites is 1. The van der Waals surface area contributed by atoms with Crippen LogP contribution in [0.4, 0.5) is 17.3 Å². The van der Waals surface area contributed by atoms with Crippen molar-refractivity contribution < 1.29 is 0 Å². The smallest absolute Gasteiger partial charge is 0.138 e. The summed E-state index contributed by atoms with van der Waals surface area (Å²) in [7, 11) is 0. The summed E-state index contributed by atoms with van der Waals surface area (Å²) >= 11 is 0. The highest BCUT2D eigenvalue weighted by atomic mass is 15.2. The maximum Gasteiger partial charge on any atom is 0.138 e. The molecule has 0 aliphatic heterocycles. The number of anilines is 3. The Balaban J connectivity index is 1.59. The summed E-state index contributed by atoms with van der Waals surface area (Å²) in [4.78, 5) is 15.4. The van der Waals surface area contributed by atoms with Crippen molar-refractivity contribution >= 4 is 17.3 Å². The zero-order chi connectivity index (χ0) is 19.0. The number of pyridine rings is 1. The van der Waals surface area contributed by atoms with E-state index in [0.717, 1.165) is 29.6 Å². The number of benzene rings is 2. The Bertz CT molecular complexity index is 991. The van der Waals surface area contributed by atoms with Crippen molar-refractivity contribution in [1.82, 2.24) is 15.0 Å². The van der Waals surface area contributed by atoms with Gasteiger partial charge in [0.2, 0.25) is 0 Å². The van der Waals surface area contributed by atoms with Crippen LogP contribution >= 0.6 is 0 Å². The zero-order valence-corrected chi connectivity index (χ0v) is 15.4. The molecular formula is C23H21N5. The van der Waals surface area contributed by atoms with Crippen LogP contribution in [-0.2, 0) is 13.1 Å². The topological polar surface area (TPSA) is 53.9 Å². The molecule has 0 saturated carbocycles. The van der Waals surface area contributed by atoms with Gasteiger partial charge in [-0.3, -0.25) is 4.98 Å². The predicted octanol–water partition coefficient (Wildman–Crippen LogP) is 4.82. The van der Waals surface area contributed by atoms with E-state index in [0.29, 0.717) is 6.54 Å². The van der Waals surface area contributed by atoms with Crippen LogP contribution < -0.4 is 10.2 Å². The van der Waals surface area contributed by atoms with E-state index in [1.165, 1.54) is 5.56 Å². The highest BCUT2D eigenvalue weighted by molar-refractivity contribution is 5.62. The van der Waals surface area contributed by atoms with Crippen LogP contribution in [-0.4, -0.2) is 15.0 Å². The Hall–Kier alpha value is -3.73. The van der Waals surface area contributed by atoms with Crippen molar-refractivity contribution in [2.45, 2.75) is 13.1 Å².